The number of aromatic nitrogens is 1. The Morgan fingerprint density at radius 1 is 1.12 bits per heavy atom. The average Bonchev–Trinajstić information content (AvgIpc) is 2.81. The van der Waals surface area contributed by atoms with Crippen molar-refractivity contribution in [2.24, 2.45) is 4.99 Å². The number of esters is 1. The molecule has 0 atom stereocenters. The third-order valence-corrected chi connectivity index (χ3v) is 5.90. The average molecular weight is 567 g/mol. The maximum atomic E-state index is 13.4. The quantitative estimate of drug-likeness (QED) is 0.251. The van der Waals surface area contributed by atoms with Gasteiger partial charge in [-0.3, -0.25) is 14.6 Å². The van der Waals surface area contributed by atoms with Crippen molar-refractivity contribution in [1.29, 1.82) is 0 Å². The van der Waals surface area contributed by atoms with Crippen molar-refractivity contribution >= 4 is 56.8 Å². The highest BCUT2D eigenvalue weighted by molar-refractivity contribution is 14.1. The van der Waals surface area contributed by atoms with Gasteiger partial charge in [0.15, 0.2) is 5.58 Å². The van der Waals surface area contributed by atoms with Gasteiger partial charge in [-0.15, -0.1) is 0 Å². The first kappa shape index (κ1) is 23.6. The Balaban J connectivity index is 1.91. The van der Waals surface area contributed by atoms with E-state index < -0.39 is 5.97 Å². The minimum absolute atomic E-state index is 0.0150. The number of carbonyl (C=O) groups excluding carboxylic acids is 2. The summed E-state index contributed by atoms with van der Waals surface area (Å²) in [5, 5.41) is 3.58. The number of halogens is 1. The summed E-state index contributed by atoms with van der Waals surface area (Å²) in [4.78, 5) is 33.8. The molecule has 0 spiro atoms. The number of nitrogens with one attached hydrogen (secondary N) is 1. The molecule has 0 aliphatic carbocycles. The normalized spacial score (nSPS) is 11.5. The van der Waals surface area contributed by atoms with E-state index in [-0.39, 0.29) is 23.6 Å². The van der Waals surface area contributed by atoms with Gasteiger partial charge in [-0.25, -0.2) is 4.99 Å². The van der Waals surface area contributed by atoms with Crippen molar-refractivity contribution in [3.63, 3.8) is 0 Å². The van der Waals surface area contributed by atoms with Gasteiger partial charge in [0.2, 0.25) is 5.55 Å². The van der Waals surface area contributed by atoms with Gasteiger partial charge in [-0.2, -0.15) is 0 Å². The molecule has 4 aromatic rings. The summed E-state index contributed by atoms with van der Waals surface area (Å²) in [5.74, 6) is -0.773. The number of hydrogen-bond donors (Lipinski definition) is 1. The number of carbonyl (C=O) groups is 2. The first-order chi connectivity index (χ1) is 16.3. The highest BCUT2D eigenvalue weighted by atomic mass is 127. The van der Waals surface area contributed by atoms with Crippen molar-refractivity contribution in [2.45, 2.75) is 27.4 Å². The van der Waals surface area contributed by atoms with Gasteiger partial charge in [-0.05, 0) is 78.4 Å². The summed E-state index contributed by atoms with van der Waals surface area (Å²) in [5.41, 5.74) is 4.42. The highest BCUT2D eigenvalue weighted by Crippen LogP contribution is 2.23. The second kappa shape index (κ2) is 10.2. The van der Waals surface area contributed by atoms with E-state index in [1.165, 1.54) is 6.92 Å². The van der Waals surface area contributed by atoms with E-state index in [0.29, 0.717) is 33.6 Å². The van der Waals surface area contributed by atoms with Crippen LogP contribution in [-0.2, 0) is 16.1 Å². The van der Waals surface area contributed by atoms with E-state index >= 15 is 0 Å². The first-order valence-corrected chi connectivity index (χ1v) is 11.6. The van der Waals surface area contributed by atoms with Crippen LogP contribution in [0.2, 0.25) is 0 Å². The Bertz CT molecular complexity index is 1460. The van der Waals surface area contributed by atoms with Gasteiger partial charge in [0.1, 0.15) is 12.2 Å². The highest BCUT2D eigenvalue weighted by Gasteiger charge is 2.17. The van der Waals surface area contributed by atoms with E-state index in [2.05, 4.69) is 37.9 Å². The molecule has 1 N–H and O–H groups in total. The van der Waals surface area contributed by atoms with Crippen LogP contribution < -0.4 is 10.9 Å². The second-order valence-corrected chi connectivity index (χ2v) is 8.96. The monoisotopic (exact) mass is 567 g/mol. The van der Waals surface area contributed by atoms with Gasteiger partial charge in [-0.1, -0.05) is 18.2 Å². The second-order valence-electron chi connectivity index (χ2n) is 7.71. The van der Waals surface area contributed by atoms with Crippen LogP contribution in [-0.4, -0.2) is 16.9 Å². The maximum absolute atomic E-state index is 13.4. The molecule has 0 fully saturated rings. The van der Waals surface area contributed by atoms with Gasteiger partial charge in [0, 0.05) is 33.3 Å². The van der Waals surface area contributed by atoms with Crippen molar-refractivity contribution in [3.05, 3.63) is 92.3 Å². The summed E-state index contributed by atoms with van der Waals surface area (Å²) in [6.45, 7) is 5.08. The lowest BCUT2D eigenvalue weighted by molar-refractivity contribution is -0.142. The lowest BCUT2D eigenvalue weighted by Crippen LogP contribution is -2.22. The fourth-order valence-corrected chi connectivity index (χ4v) is 3.72. The maximum Gasteiger partial charge on any atom is 0.302 e. The number of hydrogen-bond acceptors (Lipinski definition) is 6. The minimum atomic E-state index is -0.409. The lowest BCUT2D eigenvalue weighted by atomic mass is 10.1. The minimum Gasteiger partial charge on any atom is -0.461 e. The number of anilines is 1. The lowest BCUT2D eigenvalue weighted by Gasteiger charge is -2.12. The zero-order valence-corrected chi connectivity index (χ0v) is 21.0. The van der Waals surface area contributed by atoms with Gasteiger partial charge < -0.3 is 14.5 Å². The molecule has 172 valence electrons. The fraction of sp³-hybridized carbons (Fsp3) is 0.154. The molecule has 2 heterocycles. The number of para-hydroxylation sites is 1. The first-order valence-electron chi connectivity index (χ1n) is 10.5. The van der Waals surface area contributed by atoms with E-state index in [1.54, 1.807) is 12.3 Å². The molecule has 0 saturated heterocycles. The third kappa shape index (κ3) is 5.33. The molecule has 0 unspecified atom stereocenters. The van der Waals surface area contributed by atoms with Crippen LogP contribution in [0.15, 0.2) is 70.2 Å². The molecule has 0 radical (unpaired) electrons. The Hall–Kier alpha value is -3.53. The van der Waals surface area contributed by atoms with Crippen molar-refractivity contribution in [2.75, 3.05) is 5.32 Å². The summed E-state index contributed by atoms with van der Waals surface area (Å²) < 4.78 is 12.4. The Morgan fingerprint density at radius 3 is 2.56 bits per heavy atom. The molecule has 2 aromatic heterocycles. The number of pyridine rings is 1. The molecular weight excluding hydrogens is 545 g/mol. The summed E-state index contributed by atoms with van der Waals surface area (Å²) in [6.07, 6.45) is 1.62. The zero-order chi connectivity index (χ0) is 24.2. The van der Waals surface area contributed by atoms with E-state index in [9.17, 15) is 9.59 Å². The van der Waals surface area contributed by atoms with E-state index in [4.69, 9.17) is 9.15 Å². The molecule has 1 amide bonds. The third-order valence-electron chi connectivity index (χ3n) is 5.18. The van der Waals surface area contributed by atoms with E-state index in [0.717, 1.165) is 9.13 Å². The topological polar surface area (TPSA) is 93.8 Å². The summed E-state index contributed by atoms with van der Waals surface area (Å²) in [7, 11) is 0. The molecule has 0 aliphatic rings. The van der Waals surface area contributed by atoms with Crippen molar-refractivity contribution in [1.82, 2.24) is 4.98 Å². The van der Waals surface area contributed by atoms with Gasteiger partial charge in [0.05, 0.1) is 11.4 Å². The van der Waals surface area contributed by atoms with Crippen LogP contribution >= 0.6 is 22.6 Å². The van der Waals surface area contributed by atoms with E-state index in [1.807, 2.05) is 62.4 Å². The fourth-order valence-electron chi connectivity index (χ4n) is 3.36. The Kier molecular flexibility index (Phi) is 7.06. The standard InChI is InChI=1S/C26H22IN3O4/c1-15-6-4-5-7-23(15)30-25(32)22-12-21-18(14-33-17(3)31)13-28-16(2)24(21)34-26(22)29-20-10-8-19(27)9-11-20/h4-13H,14H2,1-3H3,(H,30,32). The Labute approximate surface area is 210 Å². The van der Waals surface area contributed by atoms with Crippen LogP contribution in [0.1, 0.15) is 34.1 Å². The molecule has 0 aliphatic heterocycles. The predicted octanol–water partition coefficient (Wildman–Crippen LogP) is 5.60. The molecule has 4 rings (SSSR count). The number of amides is 1. The van der Waals surface area contributed by atoms with Crippen LogP contribution in [0.5, 0.6) is 0 Å². The number of nitrogens with zero attached hydrogens (tertiary/aromatic N) is 2. The van der Waals surface area contributed by atoms with Crippen LogP contribution in [0.25, 0.3) is 11.0 Å². The summed E-state index contributed by atoms with van der Waals surface area (Å²) >= 11 is 2.22. The molecule has 0 bridgehead atoms. The zero-order valence-electron chi connectivity index (χ0n) is 18.9. The molecule has 8 heteroatoms. The SMILES string of the molecule is CC(=O)OCc1cnc(C)c2oc(=Nc3ccc(I)cc3)c(C(=O)Nc3ccccc3C)cc12. The smallest absolute Gasteiger partial charge is 0.302 e. The van der Waals surface area contributed by atoms with Crippen LogP contribution in [0.3, 0.4) is 0 Å². The van der Waals surface area contributed by atoms with Crippen LogP contribution in [0, 0.1) is 17.4 Å². The predicted molar refractivity (Wildman–Crippen MR) is 138 cm³/mol. The summed E-state index contributed by atoms with van der Waals surface area (Å²) in [6, 6.07) is 16.8. The van der Waals surface area contributed by atoms with Crippen molar-refractivity contribution in [3.8, 4) is 0 Å². The number of benzene rings is 2. The number of fused-ring (bicyclic) bond motifs is 1. The van der Waals surface area contributed by atoms with Crippen LogP contribution in [0.4, 0.5) is 11.4 Å². The molecular formula is C26H22IN3O4. The Morgan fingerprint density at radius 2 is 1.85 bits per heavy atom. The molecule has 0 saturated carbocycles. The van der Waals surface area contributed by atoms with Gasteiger partial charge in [0.25, 0.3) is 5.91 Å². The number of rotatable bonds is 5. The molecule has 2 aromatic carbocycles. The van der Waals surface area contributed by atoms with Crippen molar-refractivity contribution < 1.29 is 18.7 Å². The number of aryl methyl sites for hydroxylation is 2. The molecule has 34 heavy (non-hydrogen) atoms. The largest absolute Gasteiger partial charge is 0.461 e. The number of ether oxygens (including phenoxy) is 1. The molecule has 7 nitrogen and oxygen atoms in total. The van der Waals surface area contributed by atoms with Gasteiger partial charge >= 0.3 is 5.97 Å².